The highest BCUT2D eigenvalue weighted by atomic mass is 16.2. The molecule has 2 amide bonds. The predicted molar refractivity (Wildman–Crippen MR) is 99.0 cm³/mol. The van der Waals surface area contributed by atoms with Crippen molar-refractivity contribution in [2.75, 3.05) is 4.90 Å². The molecule has 4 aromatic carbocycles. The zero-order valence-corrected chi connectivity index (χ0v) is 13.3. The minimum absolute atomic E-state index is 0.273. The van der Waals surface area contributed by atoms with Crippen molar-refractivity contribution in [2.45, 2.75) is 0 Å². The van der Waals surface area contributed by atoms with Gasteiger partial charge in [0.2, 0.25) is 0 Å². The Balaban J connectivity index is 1.82. The van der Waals surface area contributed by atoms with Crippen LogP contribution >= 0.6 is 0 Å². The molecule has 0 saturated heterocycles. The Labute approximate surface area is 144 Å². The van der Waals surface area contributed by atoms with Crippen molar-refractivity contribution in [3.05, 3.63) is 90.0 Å². The first-order valence-electron chi connectivity index (χ1n) is 8.14. The third kappa shape index (κ3) is 1.86. The summed E-state index contributed by atoms with van der Waals surface area (Å²) >= 11 is 0. The fourth-order valence-corrected chi connectivity index (χ4v) is 3.65. The van der Waals surface area contributed by atoms with Gasteiger partial charge in [-0.25, -0.2) is 4.90 Å². The van der Waals surface area contributed by atoms with Crippen LogP contribution in [0.5, 0.6) is 0 Å². The molecule has 0 saturated carbocycles. The molecule has 0 N–H and O–H groups in total. The molecule has 1 aliphatic heterocycles. The summed E-state index contributed by atoms with van der Waals surface area (Å²) in [7, 11) is 0. The summed E-state index contributed by atoms with van der Waals surface area (Å²) in [5.41, 5.74) is 1.76. The molecule has 1 heterocycles. The van der Waals surface area contributed by atoms with Gasteiger partial charge in [0, 0.05) is 21.9 Å². The average molecular weight is 323 g/mol. The van der Waals surface area contributed by atoms with E-state index in [1.54, 1.807) is 12.1 Å². The lowest BCUT2D eigenvalue weighted by atomic mass is 9.93. The van der Waals surface area contributed by atoms with Gasteiger partial charge >= 0.3 is 0 Å². The third-order valence-electron chi connectivity index (χ3n) is 4.78. The lowest BCUT2D eigenvalue weighted by molar-refractivity contribution is 0.0894. The molecule has 3 nitrogen and oxygen atoms in total. The summed E-state index contributed by atoms with van der Waals surface area (Å²) in [5, 5.41) is 3.54. The van der Waals surface area contributed by atoms with Gasteiger partial charge in [0.15, 0.2) is 0 Å². The van der Waals surface area contributed by atoms with Crippen LogP contribution in [0.2, 0.25) is 0 Å². The molecular weight excluding hydrogens is 310 g/mol. The first-order chi connectivity index (χ1) is 12.3. The first-order valence-corrected chi connectivity index (χ1v) is 8.14. The summed E-state index contributed by atoms with van der Waals surface area (Å²) in [6.07, 6.45) is 0. The quantitative estimate of drug-likeness (QED) is 0.472. The number of anilines is 1. The van der Waals surface area contributed by atoms with Crippen LogP contribution in [0.1, 0.15) is 20.7 Å². The number of hydrogen-bond donors (Lipinski definition) is 0. The molecule has 0 atom stereocenters. The molecule has 0 bridgehead atoms. The minimum atomic E-state index is -0.273. The van der Waals surface area contributed by atoms with Gasteiger partial charge in [-0.05, 0) is 29.0 Å². The maximum Gasteiger partial charge on any atom is 0.266 e. The van der Waals surface area contributed by atoms with Crippen molar-refractivity contribution in [2.24, 2.45) is 0 Å². The van der Waals surface area contributed by atoms with Gasteiger partial charge < -0.3 is 0 Å². The first kappa shape index (κ1) is 13.9. The standard InChI is InChI=1S/C22H13NO2/c24-21-17-11-3-8-15-9-4-12-18(20(15)17)22(25)23(21)19-13-5-7-14-6-1-2-10-16(14)19/h1-13H. The number of amides is 2. The normalized spacial score (nSPS) is 13.7. The van der Waals surface area contributed by atoms with E-state index in [1.165, 1.54) is 4.90 Å². The van der Waals surface area contributed by atoms with Gasteiger partial charge in [-0.2, -0.15) is 0 Å². The zero-order valence-electron chi connectivity index (χ0n) is 13.3. The fourth-order valence-electron chi connectivity index (χ4n) is 3.65. The van der Waals surface area contributed by atoms with Crippen LogP contribution in [-0.2, 0) is 0 Å². The van der Waals surface area contributed by atoms with Gasteiger partial charge in [0.1, 0.15) is 0 Å². The van der Waals surface area contributed by atoms with Crippen LogP contribution in [0.3, 0.4) is 0 Å². The Kier molecular flexibility index (Phi) is 2.80. The molecule has 0 radical (unpaired) electrons. The Morgan fingerprint density at radius 3 is 1.84 bits per heavy atom. The van der Waals surface area contributed by atoms with Crippen molar-refractivity contribution >= 4 is 39.0 Å². The van der Waals surface area contributed by atoms with Crippen molar-refractivity contribution in [1.29, 1.82) is 0 Å². The number of carbonyl (C=O) groups excluding carboxylic acids is 2. The molecule has 1 aliphatic rings. The minimum Gasteiger partial charge on any atom is -0.268 e. The number of carbonyl (C=O) groups is 2. The van der Waals surface area contributed by atoms with Crippen molar-refractivity contribution < 1.29 is 9.59 Å². The van der Waals surface area contributed by atoms with E-state index >= 15 is 0 Å². The van der Waals surface area contributed by atoms with Gasteiger partial charge in [0.05, 0.1) is 5.69 Å². The number of rotatable bonds is 1. The highest BCUT2D eigenvalue weighted by Gasteiger charge is 2.34. The number of fused-ring (bicyclic) bond motifs is 1. The van der Waals surface area contributed by atoms with E-state index in [2.05, 4.69) is 0 Å². The summed E-state index contributed by atoms with van der Waals surface area (Å²) in [6.45, 7) is 0. The number of imide groups is 1. The van der Waals surface area contributed by atoms with E-state index in [0.29, 0.717) is 16.8 Å². The van der Waals surface area contributed by atoms with Gasteiger partial charge in [0.25, 0.3) is 11.8 Å². The lowest BCUT2D eigenvalue weighted by Crippen LogP contribution is -2.40. The molecule has 0 spiro atoms. The number of hydrogen-bond acceptors (Lipinski definition) is 2. The van der Waals surface area contributed by atoms with E-state index in [0.717, 1.165) is 21.5 Å². The van der Waals surface area contributed by atoms with Crippen LogP contribution in [0.25, 0.3) is 21.5 Å². The van der Waals surface area contributed by atoms with E-state index in [-0.39, 0.29) is 11.8 Å². The second kappa shape index (κ2) is 5.02. The summed E-state index contributed by atoms with van der Waals surface area (Å²) in [6, 6.07) is 24.6. The molecule has 118 valence electrons. The third-order valence-corrected chi connectivity index (χ3v) is 4.78. The molecule has 4 aromatic rings. The molecule has 3 heteroatoms. The van der Waals surface area contributed by atoms with Crippen LogP contribution in [-0.4, -0.2) is 11.8 Å². The lowest BCUT2D eigenvalue weighted by Gasteiger charge is -2.28. The maximum atomic E-state index is 13.2. The molecule has 0 fully saturated rings. The largest absolute Gasteiger partial charge is 0.268 e. The van der Waals surface area contributed by atoms with Crippen molar-refractivity contribution in [1.82, 2.24) is 0 Å². The fraction of sp³-hybridized carbons (Fsp3) is 0. The highest BCUT2D eigenvalue weighted by molar-refractivity contribution is 6.37. The van der Waals surface area contributed by atoms with E-state index in [4.69, 9.17) is 0 Å². The van der Waals surface area contributed by atoms with Gasteiger partial charge in [-0.15, -0.1) is 0 Å². The Hall–Kier alpha value is -3.46. The summed E-state index contributed by atoms with van der Waals surface area (Å²) in [5.74, 6) is -0.545. The predicted octanol–water partition coefficient (Wildman–Crippen LogP) is 4.79. The molecule has 0 aliphatic carbocycles. The second-order valence-electron chi connectivity index (χ2n) is 6.15. The van der Waals surface area contributed by atoms with Crippen LogP contribution < -0.4 is 4.90 Å². The van der Waals surface area contributed by atoms with E-state index < -0.39 is 0 Å². The molecule has 5 rings (SSSR count). The highest BCUT2D eigenvalue weighted by Crippen LogP contribution is 2.35. The molecule has 0 unspecified atom stereocenters. The van der Waals surface area contributed by atoms with Crippen LogP contribution in [0, 0.1) is 0 Å². The Bertz CT molecular complexity index is 1140. The number of nitrogens with zero attached hydrogens (tertiary/aromatic N) is 1. The smallest absolute Gasteiger partial charge is 0.266 e. The Morgan fingerprint density at radius 1 is 0.560 bits per heavy atom. The van der Waals surface area contributed by atoms with Crippen LogP contribution in [0.15, 0.2) is 78.9 Å². The molecule has 0 aromatic heterocycles. The Morgan fingerprint density at radius 2 is 1.12 bits per heavy atom. The van der Waals surface area contributed by atoms with Crippen molar-refractivity contribution in [3.63, 3.8) is 0 Å². The SMILES string of the molecule is O=C1c2cccc3cccc(c23)C(=O)N1c1cccc2ccccc12. The van der Waals surface area contributed by atoms with E-state index in [9.17, 15) is 9.59 Å². The molecule has 25 heavy (non-hydrogen) atoms. The monoisotopic (exact) mass is 323 g/mol. The molecular formula is C22H13NO2. The topological polar surface area (TPSA) is 37.4 Å². The van der Waals surface area contributed by atoms with Gasteiger partial charge in [-0.1, -0.05) is 60.7 Å². The zero-order chi connectivity index (χ0) is 17.0. The van der Waals surface area contributed by atoms with E-state index in [1.807, 2.05) is 66.7 Å². The van der Waals surface area contributed by atoms with Crippen LogP contribution in [0.4, 0.5) is 5.69 Å². The number of benzene rings is 4. The maximum absolute atomic E-state index is 13.2. The summed E-state index contributed by atoms with van der Waals surface area (Å²) in [4.78, 5) is 27.6. The summed E-state index contributed by atoms with van der Waals surface area (Å²) < 4.78 is 0. The van der Waals surface area contributed by atoms with Crippen molar-refractivity contribution in [3.8, 4) is 0 Å². The second-order valence-corrected chi connectivity index (χ2v) is 6.15. The average Bonchev–Trinajstić information content (AvgIpc) is 2.66. The van der Waals surface area contributed by atoms with Gasteiger partial charge in [-0.3, -0.25) is 9.59 Å².